The van der Waals surface area contributed by atoms with Crippen LogP contribution in [-0.4, -0.2) is 47.3 Å². The molecular formula is C15H23N3O3S. The first-order valence-electron chi connectivity index (χ1n) is 8.18. The summed E-state index contributed by atoms with van der Waals surface area (Å²) in [6, 6.07) is 0. The van der Waals surface area contributed by atoms with E-state index in [1.165, 1.54) is 12.8 Å². The molecule has 2 saturated carbocycles. The van der Waals surface area contributed by atoms with Crippen LogP contribution in [0, 0.1) is 11.8 Å². The van der Waals surface area contributed by atoms with E-state index in [1.54, 1.807) is 16.8 Å². The molecule has 2 heterocycles. The number of aromatic nitrogens is 2. The molecule has 0 unspecified atom stereocenters. The van der Waals surface area contributed by atoms with Gasteiger partial charge in [-0.15, -0.1) is 0 Å². The number of rotatable bonds is 6. The van der Waals surface area contributed by atoms with Crippen molar-refractivity contribution in [3.63, 3.8) is 0 Å². The summed E-state index contributed by atoms with van der Waals surface area (Å²) in [5.41, 5.74) is 0.980. The van der Waals surface area contributed by atoms with Crippen LogP contribution in [0.3, 0.4) is 0 Å². The van der Waals surface area contributed by atoms with Gasteiger partial charge in [-0.05, 0) is 31.6 Å². The number of nitrogens with zero attached hydrogens (tertiary/aromatic N) is 3. The van der Waals surface area contributed by atoms with Gasteiger partial charge in [0.1, 0.15) is 0 Å². The summed E-state index contributed by atoms with van der Waals surface area (Å²) in [4.78, 5) is 4.18. The lowest BCUT2D eigenvalue weighted by Crippen LogP contribution is -2.37. The lowest BCUT2D eigenvalue weighted by atomic mass is 10.1. The number of sulfonamides is 1. The zero-order chi connectivity index (χ0) is 15.2. The summed E-state index contributed by atoms with van der Waals surface area (Å²) in [6.07, 6.45) is 7.75. The van der Waals surface area contributed by atoms with Gasteiger partial charge in [0, 0.05) is 31.8 Å². The van der Waals surface area contributed by atoms with E-state index in [0.717, 1.165) is 37.6 Å². The van der Waals surface area contributed by atoms with E-state index in [0.29, 0.717) is 19.7 Å². The number of hydrogen-bond donors (Lipinski definition) is 0. The van der Waals surface area contributed by atoms with Crippen LogP contribution >= 0.6 is 0 Å². The van der Waals surface area contributed by atoms with Gasteiger partial charge in [0.15, 0.2) is 0 Å². The van der Waals surface area contributed by atoms with Crippen molar-refractivity contribution in [2.24, 2.45) is 11.8 Å². The van der Waals surface area contributed by atoms with E-state index in [9.17, 15) is 8.42 Å². The molecule has 0 radical (unpaired) electrons. The summed E-state index contributed by atoms with van der Waals surface area (Å²) in [5.74, 6) is 0.934. The molecule has 0 amide bonds. The molecule has 2 fully saturated rings. The molecule has 6 nitrogen and oxygen atoms in total. The van der Waals surface area contributed by atoms with Crippen molar-refractivity contribution in [1.29, 1.82) is 0 Å². The average Bonchev–Trinajstić information content (AvgIpc) is 3.36. The van der Waals surface area contributed by atoms with E-state index >= 15 is 0 Å². The Morgan fingerprint density at radius 3 is 2.64 bits per heavy atom. The lowest BCUT2D eigenvalue weighted by molar-refractivity contribution is 0.0807. The Kier molecular flexibility index (Phi) is 3.74. The smallest absolute Gasteiger partial charge is 0.217 e. The molecule has 122 valence electrons. The molecule has 0 spiro atoms. The third-order valence-electron chi connectivity index (χ3n) is 4.76. The molecule has 4 rings (SSSR count). The number of imidazole rings is 1. The Labute approximate surface area is 131 Å². The highest BCUT2D eigenvalue weighted by Gasteiger charge is 2.41. The number of hydrogen-bond acceptors (Lipinski definition) is 4. The number of fused-ring (bicyclic) bond motifs is 1. The highest BCUT2D eigenvalue weighted by molar-refractivity contribution is 7.90. The SMILES string of the molecule is O=S(=O)(C1CC1)N1Cc2cncn2C[C@@H](COCC2CC2)C1. The Hall–Kier alpha value is -0.920. The average molecular weight is 325 g/mol. The fourth-order valence-corrected chi connectivity index (χ4v) is 4.96. The monoisotopic (exact) mass is 325 g/mol. The fraction of sp³-hybridized carbons (Fsp3) is 0.800. The van der Waals surface area contributed by atoms with Crippen LogP contribution in [0.5, 0.6) is 0 Å². The van der Waals surface area contributed by atoms with E-state index in [2.05, 4.69) is 9.55 Å². The third-order valence-corrected chi connectivity index (χ3v) is 7.07. The van der Waals surface area contributed by atoms with Crippen LogP contribution < -0.4 is 0 Å². The topological polar surface area (TPSA) is 64.4 Å². The van der Waals surface area contributed by atoms with Crippen LogP contribution in [0.4, 0.5) is 0 Å². The van der Waals surface area contributed by atoms with Gasteiger partial charge in [0.05, 0.1) is 30.4 Å². The van der Waals surface area contributed by atoms with Crippen LogP contribution in [0.2, 0.25) is 0 Å². The van der Waals surface area contributed by atoms with Crippen molar-refractivity contribution >= 4 is 10.0 Å². The summed E-state index contributed by atoms with van der Waals surface area (Å²) in [7, 11) is -3.16. The van der Waals surface area contributed by atoms with Gasteiger partial charge in [-0.25, -0.2) is 13.4 Å². The largest absolute Gasteiger partial charge is 0.381 e. The predicted octanol–water partition coefficient (Wildman–Crippen LogP) is 1.23. The van der Waals surface area contributed by atoms with Gasteiger partial charge in [-0.3, -0.25) is 0 Å². The van der Waals surface area contributed by atoms with Gasteiger partial charge in [0.25, 0.3) is 0 Å². The molecule has 0 saturated heterocycles. The van der Waals surface area contributed by atoms with Crippen LogP contribution in [0.25, 0.3) is 0 Å². The Balaban J connectivity index is 1.49. The van der Waals surface area contributed by atoms with E-state index < -0.39 is 10.0 Å². The molecule has 22 heavy (non-hydrogen) atoms. The van der Waals surface area contributed by atoms with Gasteiger partial charge in [-0.1, -0.05) is 0 Å². The Morgan fingerprint density at radius 1 is 1.14 bits per heavy atom. The minimum atomic E-state index is -3.16. The third kappa shape index (κ3) is 3.07. The van der Waals surface area contributed by atoms with Gasteiger partial charge in [0.2, 0.25) is 10.0 Å². The van der Waals surface area contributed by atoms with Crippen LogP contribution in [0.15, 0.2) is 12.5 Å². The zero-order valence-corrected chi connectivity index (χ0v) is 13.5. The van der Waals surface area contributed by atoms with E-state index in [4.69, 9.17) is 4.74 Å². The van der Waals surface area contributed by atoms with Crippen LogP contribution in [0.1, 0.15) is 31.4 Å². The standard InChI is InChI=1S/C15H23N3O3S/c19-22(20,15-3-4-15)18-7-13(10-21-9-12-1-2-12)6-17-11-16-5-14(17)8-18/h5,11-13,15H,1-4,6-10H2/t13-/m1/s1. The maximum absolute atomic E-state index is 12.6. The maximum Gasteiger partial charge on any atom is 0.217 e. The highest BCUT2D eigenvalue weighted by atomic mass is 32.2. The Morgan fingerprint density at radius 2 is 1.91 bits per heavy atom. The molecule has 0 bridgehead atoms. The van der Waals surface area contributed by atoms with Crippen molar-refractivity contribution in [2.75, 3.05) is 19.8 Å². The molecule has 0 N–H and O–H groups in total. The van der Waals surface area contributed by atoms with Crippen molar-refractivity contribution in [2.45, 2.75) is 44.0 Å². The summed E-state index contributed by atoms with van der Waals surface area (Å²) in [5, 5.41) is -0.157. The summed E-state index contributed by atoms with van der Waals surface area (Å²) < 4.78 is 34.8. The molecule has 1 aromatic rings. The Bertz CT molecular complexity index is 634. The molecular weight excluding hydrogens is 302 g/mol. The first kappa shape index (κ1) is 14.7. The molecule has 7 heteroatoms. The molecule has 1 atom stereocenters. The van der Waals surface area contributed by atoms with Gasteiger partial charge < -0.3 is 9.30 Å². The first-order valence-corrected chi connectivity index (χ1v) is 9.69. The lowest BCUT2D eigenvalue weighted by Gasteiger charge is -2.23. The van der Waals surface area contributed by atoms with Crippen LogP contribution in [-0.2, 0) is 27.8 Å². The molecule has 3 aliphatic rings. The highest BCUT2D eigenvalue weighted by Crippen LogP contribution is 2.33. The van der Waals surface area contributed by atoms with Crippen molar-refractivity contribution < 1.29 is 13.2 Å². The molecule has 2 aliphatic carbocycles. The zero-order valence-electron chi connectivity index (χ0n) is 12.7. The second-order valence-corrected chi connectivity index (χ2v) is 9.13. The van der Waals surface area contributed by atoms with E-state index in [-0.39, 0.29) is 11.2 Å². The van der Waals surface area contributed by atoms with Gasteiger partial charge in [-0.2, -0.15) is 4.31 Å². The molecule has 1 aliphatic heterocycles. The molecule has 1 aromatic heterocycles. The maximum atomic E-state index is 12.6. The van der Waals surface area contributed by atoms with Crippen molar-refractivity contribution in [3.05, 3.63) is 18.2 Å². The normalized spacial score (nSPS) is 26.6. The minimum absolute atomic E-state index is 0.157. The van der Waals surface area contributed by atoms with Gasteiger partial charge >= 0.3 is 0 Å². The van der Waals surface area contributed by atoms with Crippen molar-refractivity contribution in [1.82, 2.24) is 13.9 Å². The van der Waals surface area contributed by atoms with Crippen molar-refractivity contribution in [3.8, 4) is 0 Å². The summed E-state index contributed by atoms with van der Waals surface area (Å²) in [6.45, 7) is 3.24. The quantitative estimate of drug-likeness (QED) is 0.789. The van der Waals surface area contributed by atoms with E-state index in [1.807, 2.05) is 0 Å². The second-order valence-electron chi connectivity index (χ2n) is 6.92. The minimum Gasteiger partial charge on any atom is -0.381 e. The fourth-order valence-electron chi connectivity index (χ4n) is 3.08. The number of ether oxygens (including phenoxy) is 1. The summed E-state index contributed by atoms with van der Waals surface area (Å²) >= 11 is 0. The predicted molar refractivity (Wildman–Crippen MR) is 81.6 cm³/mol. The molecule has 0 aromatic carbocycles. The first-order chi connectivity index (χ1) is 10.6. The second kappa shape index (κ2) is 5.62.